The number of halogens is 3. The van der Waals surface area contributed by atoms with Crippen molar-refractivity contribution in [3.63, 3.8) is 0 Å². The Balaban J connectivity index is 2.22. The first-order valence-electron chi connectivity index (χ1n) is 7.68. The second kappa shape index (κ2) is 8.09. The summed E-state index contributed by atoms with van der Waals surface area (Å²) in [6.07, 6.45) is -6.11. The van der Waals surface area contributed by atoms with E-state index in [2.05, 4.69) is 21.9 Å². The summed E-state index contributed by atoms with van der Waals surface area (Å²) >= 11 is 0. The molecule has 0 bridgehead atoms. The van der Waals surface area contributed by atoms with Gasteiger partial charge in [0.25, 0.3) is 0 Å². The summed E-state index contributed by atoms with van der Waals surface area (Å²) in [5.74, 6) is -0.364. The summed E-state index contributed by atoms with van der Waals surface area (Å²) in [4.78, 5) is 7.09. The number of aliphatic hydroxyl groups excluding tert-OH is 2. The molecule has 1 saturated heterocycles. The highest BCUT2D eigenvalue weighted by Gasteiger charge is 2.45. The van der Waals surface area contributed by atoms with Crippen molar-refractivity contribution >= 4 is 5.95 Å². The smallest absolute Gasteiger partial charge is 0.388 e. The molecule has 1 aliphatic heterocycles. The molecule has 1 fully saturated rings. The summed E-state index contributed by atoms with van der Waals surface area (Å²) < 4.78 is 49.3. The average Bonchev–Trinajstić information content (AvgIpc) is 2.58. The van der Waals surface area contributed by atoms with E-state index >= 15 is 0 Å². The molecule has 1 aliphatic rings. The summed E-state index contributed by atoms with van der Waals surface area (Å²) in [6.45, 7) is 5.35. The lowest BCUT2D eigenvalue weighted by molar-refractivity contribution is -0.253. The molecule has 0 spiro atoms. The molecule has 2 heterocycles. The minimum Gasteiger partial charge on any atom is -0.388 e. The van der Waals surface area contributed by atoms with Crippen LogP contribution in [0.15, 0.2) is 24.9 Å². The van der Waals surface area contributed by atoms with E-state index in [4.69, 9.17) is 9.47 Å². The van der Waals surface area contributed by atoms with Crippen molar-refractivity contribution in [3.8, 4) is 0 Å². The second-order valence-corrected chi connectivity index (χ2v) is 5.49. The first kappa shape index (κ1) is 19.6. The van der Waals surface area contributed by atoms with Gasteiger partial charge in [-0.15, -0.1) is 6.58 Å². The van der Waals surface area contributed by atoms with Gasteiger partial charge in [0.05, 0.1) is 12.7 Å². The third-order valence-electron chi connectivity index (χ3n) is 3.72. The van der Waals surface area contributed by atoms with Gasteiger partial charge in [-0.25, -0.2) is 9.97 Å². The molecular weight excluding hydrogens is 343 g/mol. The number of nitrogens with one attached hydrogen (secondary N) is 1. The molecule has 1 aromatic rings. The number of aliphatic hydroxyl groups is 2. The van der Waals surface area contributed by atoms with Gasteiger partial charge in [0.15, 0.2) is 6.29 Å². The maximum Gasteiger partial charge on any atom is 0.433 e. The lowest BCUT2D eigenvalue weighted by atomic mass is 9.95. The molecule has 10 heteroatoms. The lowest BCUT2D eigenvalue weighted by Crippen LogP contribution is -2.61. The zero-order valence-electron chi connectivity index (χ0n) is 13.5. The molecule has 7 nitrogen and oxygen atoms in total. The topological polar surface area (TPSA) is 96.7 Å². The maximum absolute atomic E-state index is 12.8. The fraction of sp³-hybridized carbons (Fsp3) is 0.600. The Morgan fingerprint density at radius 3 is 2.72 bits per heavy atom. The molecule has 0 saturated carbocycles. The Labute approximate surface area is 142 Å². The number of nitrogens with zero attached hydrogens (tertiary/aromatic N) is 2. The first-order chi connectivity index (χ1) is 11.8. The average molecular weight is 363 g/mol. The largest absolute Gasteiger partial charge is 0.433 e. The van der Waals surface area contributed by atoms with Gasteiger partial charge in [0, 0.05) is 6.20 Å². The van der Waals surface area contributed by atoms with Crippen LogP contribution in [0.2, 0.25) is 0 Å². The Morgan fingerprint density at radius 1 is 1.40 bits per heavy atom. The number of rotatable bonds is 6. The van der Waals surface area contributed by atoms with Crippen LogP contribution in [0.3, 0.4) is 0 Å². The molecule has 2 rings (SSSR count). The Morgan fingerprint density at radius 2 is 2.12 bits per heavy atom. The number of ether oxygens (including phenoxy) is 2. The van der Waals surface area contributed by atoms with Gasteiger partial charge in [-0.3, -0.25) is 0 Å². The normalized spacial score (nSPS) is 30.1. The predicted molar refractivity (Wildman–Crippen MR) is 81.6 cm³/mol. The first-order valence-corrected chi connectivity index (χ1v) is 7.68. The number of anilines is 1. The maximum atomic E-state index is 12.8. The highest BCUT2D eigenvalue weighted by atomic mass is 19.4. The van der Waals surface area contributed by atoms with Gasteiger partial charge in [0.2, 0.25) is 5.95 Å². The Hall–Kier alpha value is -1.75. The van der Waals surface area contributed by atoms with Crippen LogP contribution in [-0.2, 0) is 15.7 Å². The molecule has 5 atom stereocenters. The quantitative estimate of drug-likeness (QED) is 0.656. The van der Waals surface area contributed by atoms with Gasteiger partial charge >= 0.3 is 6.18 Å². The van der Waals surface area contributed by atoms with E-state index in [-0.39, 0.29) is 12.6 Å². The van der Waals surface area contributed by atoms with E-state index in [1.54, 1.807) is 6.92 Å². The number of alkyl halides is 3. The van der Waals surface area contributed by atoms with Crippen LogP contribution in [0.1, 0.15) is 19.0 Å². The van der Waals surface area contributed by atoms with Gasteiger partial charge < -0.3 is 25.0 Å². The number of aromatic nitrogens is 2. The fourth-order valence-corrected chi connectivity index (χ4v) is 2.46. The van der Waals surface area contributed by atoms with Crippen LogP contribution >= 0.6 is 0 Å². The van der Waals surface area contributed by atoms with Crippen molar-refractivity contribution in [2.45, 2.75) is 50.2 Å². The molecule has 0 radical (unpaired) electrons. The van der Waals surface area contributed by atoms with E-state index in [0.717, 1.165) is 12.3 Å². The molecule has 140 valence electrons. The van der Waals surface area contributed by atoms with Crippen LogP contribution in [0, 0.1) is 0 Å². The third-order valence-corrected chi connectivity index (χ3v) is 3.72. The molecule has 0 unspecified atom stereocenters. The monoisotopic (exact) mass is 363 g/mol. The van der Waals surface area contributed by atoms with E-state index in [0.29, 0.717) is 6.42 Å². The minimum atomic E-state index is -4.63. The van der Waals surface area contributed by atoms with Gasteiger partial charge in [-0.05, 0) is 12.5 Å². The molecule has 25 heavy (non-hydrogen) atoms. The number of hydrogen-bond acceptors (Lipinski definition) is 7. The van der Waals surface area contributed by atoms with E-state index < -0.39 is 42.5 Å². The van der Waals surface area contributed by atoms with Crippen molar-refractivity contribution in [2.75, 3.05) is 11.9 Å². The zero-order valence-corrected chi connectivity index (χ0v) is 13.5. The van der Waals surface area contributed by atoms with Crippen LogP contribution in [0.5, 0.6) is 0 Å². The van der Waals surface area contributed by atoms with Crippen molar-refractivity contribution in [1.82, 2.24) is 9.97 Å². The zero-order chi connectivity index (χ0) is 18.6. The van der Waals surface area contributed by atoms with Gasteiger partial charge in [-0.1, -0.05) is 13.0 Å². The summed E-state index contributed by atoms with van der Waals surface area (Å²) in [6, 6.07) is -0.339. The molecule has 1 aromatic heterocycles. The minimum absolute atomic E-state index is 0.0888. The van der Waals surface area contributed by atoms with E-state index in [9.17, 15) is 23.4 Å². The van der Waals surface area contributed by atoms with E-state index in [1.165, 1.54) is 6.08 Å². The third kappa shape index (κ3) is 4.66. The highest BCUT2D eigenvalue weighted by Crippen LogP contribution is 2.29. The Kier molecular flexibility index (Phi) is 6.33. The highest BCUT2D eigenvalue weighted by molar-refractivity contribution is 5.29. The molecule has 0 amide bonds. The summed E-state index contributed by atoms with van der Waals surface area (Å²) in [5.41, 5.74) is -1.13. The Bertz CT molecular complexity index is 587. The predicted octanol–water partition coefficient (Wildman–Crippen LogP) is 1.34. The molecule has 3 N–H and O–H groups in total. The second-order valence-electron chi connectivity index (χ2n) is 5.49. The van der Waals surface area contributed by atoms with Crippen LogP contribution < -0.4 is 5.32 Å². The standard InChI is InChI=1S/C15H20F3N3O4/c1-3-7-24-13-10(12(23)11(22)8(4-2)25-13)21-14-19-6-5-9(20-14)15(16,17)18/h3,5-6,8,10-13,22-23H,1,4,7H2,2H3,(H,19,20,21)/t8-,10-,11+,12-,13+/m1/s1. The van der Waals surface area contributed by atoms with Crippen LogP contribution in [-0.4, -0.2) is 57.4 Å². The summed E-state index contributed by atoms with van der Waals surface area (Å²) in [7, 11) is 0. The van der Waals surface area contributed by atoms with E-state index in [1.807, 2.05) is 0 Å². The molecular formula is C15H20F3N3O4. The molecule has 0 aromatic carbocycles. The number of hydrogen-bond donors (Lipinski definition) is 3. The van der Waals surface area contributed by atoms with Crippen LogP contribution in [0.4, 0.5) is 19.1 Å². The van der Waals surface area contributed by atoms with Crippen LogP contribution in [0.25, 0.3) is 0 Å². The van der Waals surface area contributed by atoms with Crippen molar-refractivity contribution in [1.29, 1.82) is 0 Å². The summed E-state index contributed by atoms with van der Waals surface area (Å²) in [5, 5.41) is 23.0. The van der Waals surface area contributed by atoms with Gasteiger partial charge in [0.1, 0.15) is 23.9 Å². The SMILES string of the molecule is C=CCO[C@H]1O[C@H](CC)[C@H](O)[C@H](O)[C@H]1Nc1nccc(C(F)(F)F)n1. The van der Waals surface area contributed by atoms with Gasteiger partial charge in [-0.2, -0.15) is 13.2 Å². The van der Waals surface area contributed by atoms with Crippen molar-refractivity contribution in [2.24, 2.45) is 0 Å². The molecule has 0 aliphatic carbocycles. The lowest BCUT2D eigenvalue weighted by Gasteiger charge is -2.42. The van der Waals surface area contributed by atoms with Crippen molar-refractivity contribution < 1.29 is 32.9 Å². The fourth-order valence-electron chi connectivity index (χ4n) is 2.46. The van der Waals surface area contributed by atoms with Crippen molar-refractivity contribution in [3.05, 3.63) is 30.6 Å².